The number of hydrogen-bond acceptors (Lipinski definition) is 6. The van der Waals surface area contributed by atoms with Crippen molar-refractivity contribution in [2.45, 2.75) is 0 Å². The summed E-state index contributed by atoms with van der Waals surface area (Å²) in [5.74, 6) is -1.58. The summed E-state index contributed by atoms with van der Waals surface area (Å²) >= 11 is 0. The molecular formula is C8H7NO6S. The van der Waals surface area contributed by atoms with Crippen LogP contribution in [-0.4, -0.2) is 25.1 Å². The largest absolute Gasteiger partial charge is 0.426 e. The summed E-state index contributed by atoms with van der Waals surface area (Å²) in [6.07, 6.45) is 0. The number of non-ortho nitro benzene ring substituents is 1. The van der Waals surface area contributed by atoms with Crippen LogP contribution in [0.25, 0.3) is 0 Å². The molecule has 16 heavy (non-hydrogen) atoms. The van der Waals surface area contributed by atoms with E-state index in [1.165, 1.54) is 12.1 Å². The average molecular weight is 245 g/mol. The Morgan fingerprint density at radius 3 is 2.31 bits per heavy atom. The minimum absolute atomic E-state index is 0.0625. The van der Waals surface area contributed by atoms with Crippen molar-refractivity contribution >= 4 is 22.4 Å². The minimum atomic E-state index is -2.84. The highest BCUT2D eigenvalue weighted by Crippen LogP contribution is 2.17. The Morgan fingerprint density at radius 1 is 1.31 bits per heavy atom. The first-order chi connectivity index (χ1) is 7.49. The van der Waals surface area contributed by atoms with Crippen LogP contribution >= 0.6 is 0 Å². The Morgan fingerprint density at radius 2 is 1.88 bits per heavy atom. The second kappa shape index (κ2) is 5.21. The van der Waals surface area contributed by atoms with E-state index in [0.717, 1.165) is 12.1 Å². The van der Waals surface area contributed by atoms with Gasteiger partial charge in [-0.3, -0.25) is 14.9 Å². The molecule has 0 aliphatic heterocycles. The molecule has 0 spiro atoms. The van der Waals surface area contributed by atoms with E-state index in [2.05, 4.69) is 4.74 Å². The number of ether oxygens (including phenoxy) is 1. The van der Waals surface area contributed by atoms with Crippen molar-refractivity contribution in [2.24, 2.45) is 0 Å². The quantitative estimate of drug-likeness (QED) is 0.265. The van der Waals surface area contributed by atoms with Gasteiger partial charge in [-0.1, -0.05) is 0 Å². The lowest BCUT2D eigenvalue weighted by atomic mass is 10.3. The summed E-state index contributed by atoms with van der Waals surface area (Å²) in [5, 5.41) is 10.3. The molecule has 0 aliphatic carbocycles. The van der Waals surface area contributed by atoms with Gasteiger partial charge >= 0.3 is 5.97 Å². The van der Waals surface area contributed by atoms with Crippen LogP contribution in [0.3, 0.4) is 0 Å². The Labute approximate surface area is 91.7 Å². The van der Waals surface area contributed by atoms with Gasteiger partial charge in [0.05, 0.1) is 4.92 Å². The number of hydrogen-bond donors (Lipinski definition) is 1. The lowest BCUT2D eigenvalue weighted by Gasteiger charge is -2.00. The maximum absolute atomic E-state index is 10.9. The summed E-state index contributed by atoms with van der Waals surface area (Å²) in [5.41, 5.74) is -0.144. The molecule has 0 fully saturated rings. The molecule has 86 valence electrons. The maximum Gasteiger partial charge on any atom is 0.326 e. The normalized spacial score (nSPS) is 10.1. The van der Waals surface area contributed by atoms with E-state index in [0.29, 0.717) is 0 Å². The zero-order valence-corrected chi connectivity index (χ0v) is 8.75. The Balaban J connectivity index is 2.68. The molecule has 0 saturated heterocycles. The van der Waals surface area contributed by atoms with Gasteiger partial charge in [0, 0.05) is 12.1 Å². The SMILES string of the molecule is O=C(C[SH](=O)=O)Oc1ccc([N+](=O)[O-])cc1. The molecule has 1 rings (SSSR count). The summed E-state index contributed by atoms with van der Waals surface area (Å²) in [4.78, 5) is 20.6. The first-order valence-electron chi connectivity index (χ1n) is 4.06. The molecule has 8 heteroatoms. The van der Waals surface area contributed by atoms with Crippen LogP contribution in [0.5, 0.6) is 5.75 Å². The third-order valence-corrected chi connectivity index (χ3v) is 2.05. The van der Waals surface area contributed by atoms with Crippen molar-refractivity contribution in [3.05, 3.63) is 34.4 Å². The number of thiol groups is 1. The molecule has 1 aromatic carbocycles. The van der Waals surface area contributed by atoms with Crippen molar-refractivity contribution < 1.29 is 22.9 Å². The third kappa shape index (κ3) is 3.65. The molecule has 0 N–H and O–H groups in total. The van der Waals surface area contributed by atoms with Gasteiger partial charge in [-0.2, -0.15) is 0 Å². The summed E-state index contributed by atoms with van der Waals surface area (Å²) in [6.45, 7) is 0. The number of nitro benzene ring substituents is 1. The van der Waals surface area contributed by atoms with Crippen LogP contribution in [0.2, 0.25) is 0 Å². The summed E-state index contributed by atoms with van der Waals surface area (Å²) < 4.78 is 25.0. The molecule has 0 atom stereocenters. The van der Waals surface area contributed by atoms with Gasteiger partial charge in [-0.05, 0) is 12.1 Å². The van der Waals surface area contributed by atoms with Crippen molar-refractivity contribution in [1.29, 1.82) is 0 Å². The average Bonchev–Trinajstić information content (AvgIpc) is 2.16. The number of benzene rings is 1. The second-order valence-corrected chi connectivity index (χ2v) is 3.70. The fourth-order valence-electron chi connectivity index (χ4n) is 0.905. The van der Waals surface area contributed by atoms with Crippen LogP contribution in [0, 0.1) is 10.1 Å². The summed E-state index contributed by atoms with van der Waals surface area (Å²) in [6, 6.07) is 4.74. The van der Waals surface area contributed by atoms with Gasteiger partial charge in [0.2, 0.25) is 0 Å². The zero-order chi connectivity index (χ0) is 12.1. The molecule has 0 amide bonds. The predicted molar refractivity (Wildman–Crippen MR) is 53.9 cm³/mol. The van der Waals surface area contributed by atoms with Crippen molar-refractivity contribution in [1.82, 2.24) is 0 Å². The van der Waals surface area contributed by atoms with Gasteiger partial charge in [-0.25, -0.2) is 8.42 Å². The molecular weight excluding hydrogens is 238 g/mol. The molecule has 1 aromatic rings. The highest BCUT2D eigenvalue weighted by atomic mass is 32.2. The van der Waals surface area contributed by atoms with Crippen molar-refractivity contribution in [3.63, 3.8) is 0 Å². The van der Waals surface area contributed by atoms with Gasteiger partial charge in [-0.15, -0.1) is 0 Å². The lowest BCUT2D eigenvalue weighted by Crippen LogP contribution is -2.13. The van der Waals surface area contributed by atoms with Gasteiger partial charge in [0.1, 0.15) is 11.5 Å². The number of nitro groups is 1. The lowest BCUT2D eigenvalue weighted by molar-refractivity contribution is -0.384. The topological polar surface area (TPSA) is 104 Å². The molecule has 0 heterocycles. The molecule has 0 unspecified atom stereocenters. The Bertz CT molecular complexity index is 470. The number of rotatable bonds is 4. The maximum atomic E-state index is 10.9. The highest BCUT2D eigenvalue weighted by Gasteiger charge is 2.08. The van der Waals surface area contributed by atoms with Gasteiger partial charge < -0.3 is 4.74 Å². The van der Waals surface area contributed by atoms with Crippen LogP contribution in [-0.2, 0) is 15.5 Å². The van der Waals surface area contributed by atoms with Gasteiger partial charge in [0.25, 0.3) is 5.69 Å². The van der Waals surface area contributed by atoms with E-state index in [-0.39, 0.29) is 11.4 Å². The monoisotopic (exact) mass is 245 g/mol. The number of carbonyl (C=O) groups is 1. The summed E-state index contributed by atoms with van der Waals surface area (Å²) in [7, 11) is -2.84. The van der Waals surface area contributed by atoms with E-state index < -0.39 is 27.3 Å². The number of esters is 1. The third-order valence-electron chi connectivity index (χ3n) is 1.54. The highest BCUT2D eigenvalue weighted by molar-refractivity contribution is 7.73. The molecule has 0 bridgehead atoms. The van der Waals surface area contributed by atoms with E-state index >= 15 is 0 Å². The predicted octanol–water partition coefficient (Wildman–Crippen LogP) is 0.112. The fraction of sp³-hybridized carbons (Fsp3) is 0.125. The number of nitrogens with zero attached hydrogens (tertiary/aromatic N) is 1. The van der Waals surface area contributed by atoms with E-state index in [1.807, 2.05) is 0 Å². The first kappa shape index (κ1) is 12.1. The standard InChI is InChI=1S/C8H7NO6S/c10-8(5-16(13)14)15-7-3-1-6(2-4-7)9(11)12/h1-4,16H,5H2. The van der Waals surface area contributed by atoms with Crippen LogP contribution in [0.15, 0.2) is 24.3 Å². The van der Waals surface area contributed by atoms with Crippen LogP contribution in [0.4, 0.5) is 5.69 Å². The number of carbonyl (C=O) groups excluding carboxylic acids is 1. The molecule has 7 nitrogen and oxygen atoms in total. The zero-order valence-electron chi connectivity index (χ0n) is 7.86. The molecule has 0 aliphatic rings. The van der Waals surface area contributed by atoms with Crippen LogP contribution in [0.1, 0.15) is 0 Å². The molecule has 0 saturated carbocycles. The van der Waals surface area contributed by atoms with E-state index in [4.69, 9.17) is 0 Å². The smallest absolute Gasteiger partial charge is 0.326 e. The fourth-order valence-corrected chi connectivity index (χ4v) is 1.18. The van der Waals surface area contributed by atoms with Crippen LogP contribution < -0.4 is 4.74 Å². The van der Waals surface area contributed by atoms with E-state index in [9.17, 15) is 23.3 Å². The Hall–Kier alpha value is -1.96. The van der Waals surface area contributed by atoms with Crippen molar-refractivity contribution in [3.8, 4) is 5.75 Å². The minimum Gasteiger partial charge on any atom is -0.426 e. The van der Waals surface area contributed by atoms with E-state index in [1.54, 1.807) is 0 Å². The molecule has 0 aromatic heterocycles. The Kier molecular flexibility index (Phi) is 3.95. The van der Waals surface area contributed by atoms with Gasteiger partial charge in [0.15, 0.2) is 10.7 Å². The second-order valence-electron chi connectivity index (χ2n) is 2.72. The first-order valence-corrected chi connectivity index (χ1v) is 5.42. The molecule has 0 radical (unpaired) electrons. The van der Waals surface area contributed by atoms with Crippen molar-refractivity contribution in [2.75, 3.05) is 5.75 Å².